The van der Waals surface area contributed by atoms with Crippen molar-refractivity contribution in [1.29, 1.82) is 0 Å². The van der Waals surface area contributed by atoms with Gasteiger partial charge in [0.1, 0.15) is 0 Å². The van der Waals surface area contributed by atoms with Gasteiger partial charge in [0.05, 0.1) is 18.2 Å². The third-order valence-corrected chi connectivity index (χ3v) is 3.27. The van der Waals surface area contributed by atoms with Crippen LogP contribution in [0.5, 0.6) is 0 Å². The second-order valence-corrected chi connectivity index (χ2v) is 4.99. The molecule has 0 bridgehead atoms. The zero-order valence-corrected chi connectivity index (χ0v) is 12.7. The number of Topliss-reactive ketones (excluding diaryl/α,β-unsaturated/α-hetero) is 1. The van der Waals surface area contributed by atoms with E-state index in [9.17, 15) is 9.59 Å². The molecule has 1 aromatic heterocycles. The van der Waals surface area contributed by atoms with Crippen molar-refractivity contribution in [3.05, 3.63) is 52.0 Å². The van der Waals surface area contributed by atoms with Crippen molar-refractivity contribution in [2.24, 2.45) is 0 Å². The third-order valence-electron chi connectivity index (χ3n) is 2.72. The molecule has 21 heavy (non-hydrogen) atoms. The average molecular weight is 327 g/mol. The molecule has 0 atom stereocenters. The molecule has 0 fully saturated rings. The Morgan fingerprint density at radius 1 is 1.33 bits per heavy atom. The molecule has 0 saturated heterocycles. The van der Waals surface area contributed by atoms with Crippen LogP contribution in [-0.4, -0.2) is 27.9 Å². The number of carbonyl (C=O) groups excluding carboxylic acids is 2. The number of nitrogens with zero attached hydrogens (tertiary/aromatic N) is 2. The smallest absolute Gasteiger partial charge is 0.374 e. The lowest BCUT2D eigenvalue weighted by atomic mass is 10.1. The van der Waals surface area contributed by atoms with Crippen LogP contribution < -0.4 is 0 Å². The third kappa shape index (κ3) is 3.62. The van der Waals surface area contributed by atoms with Crippen molar-refractivity contribution >= 4 is 35.0 Å². The molecule has 0 radical (unpaired) electrons. The molecule has 7 heteroatoms. The first-order valence-corrected chi connectivity index (χ1v) is 6.95. The molecule has 0 unspecified atom stereocenters. The maximum Gasteiger partial charge on any atom is 0.374 e. The lowest BCUT2D eigenvalue weighted by Crippen LogP contribution is -2.17. The van der Waals surface area contributed by atoms with E-state index < -0.39 is 5.97 Å². The molecule has 110 valence electrons. The number of aromatic nitrogens is 2. The molecule has 0 N–H and O–H groups in total. The number of halogens is 2. The average Bonchev–Trinajstić information content (AvgIpc) is 2.87. The predicted octanol–water partition coefficient (Wildman–Crippen LogP) is 3.25. The summed E-state index contributed by atoms with van der Waals surface area (Å²) in [5, 5.41) is 0.719. The van der Waals surface area contributed by atoms with E-state index in [1.54, 1.807) is 19.1 Å². The van der Waals surface area contributed by atoms with Crippen LogP contribution in [0, 0.1) is 0 Å². The Kier molecular flexibility index (Phi) is 4.98. The fourth-order valence-electron chi connectivity index (χ4n) is 1.78. The SMILES string of the molecule is CCOC(=O)c1nccn1CC(=O)c1ccc(Cl)cc1Cl. The number of hydrogen-bond acceptors (Lipinski definition) is 4. The number of carbonyl (C=O) groups is 2. The Bertz CT molecular complexity index is 683. The monoisotopic (exact) mass is 326 g/mol. The van der Waals surface area contributed by atoms with E-state index in [0.29, 0.717) is 10.6 Å². The first kappa shape index (κ1) is 15.5. The van der Waals surface area contributed by atoms with Crippen molar-refractivity contribution < 1.29 is 14.3 Å². The summed E-state index contributed by atoms with van der Waals surface area (Å²) in [6.07, 6.45) is 2.97. The summed E-state index contributed by atoms with van der Waals surface area (Å²) in [5.41, 5.74) is 0.338. The molecule has 0 aliphatic carbocycles. The van der Waals surface area contributed by atoms with Gasteiger partial charge in [-0.1, -0.05) is 23.2 Å². The van der Waals surface area contributed by atoms with Crippen LogP contribution in [0.25, 0.3) is 0 Å². The maximum atomic E-state index is 12.2. The van der Waals surface area contributed by atoms with Gasteiger partial charge in [0, 0.05) is 23.0 Å². The number of esters is 1. The van der Waals surface area contributed by atoms with E-state index >= 15 is 0 Å². The van der Waals surface area contributed by atoms with Crippen molar-refractivity contribution in [3.8, 4) is 0 Å². The van der Waals surface area contributed by atoms with Crippen LogP contribution in [0.4, 0.5) is 0 Å². The second-order valence-electron chi connectivity index (χ2n) is 4.15. The number of imidazole rings is 1. The quantitative estimate of drug-likeness (QED) is 0.625. The molecule has 2 aromatic rings. The normalized spacial score (nSPS) is 10.4. The van der Waals surface area contributed by atoms with Crippen LogP contribution in [0.15, 0.2) is 30.6 Å². The Morgan fingerprint density at radius 2 is 2.10 bits per heavy atom. The lowest BCUT2D eigenvalue weighted by molar-refractivity contribution is 0.0506. The number of ketones is 1. The van der Waals surface area contributed by atoms with Crippen LogP contribution in [-0.2, 0) is 11.3 Å². The number of ether oxygens (including phenoxy) is 1. The Hall–Kier alpha value is -1.85. The maximum absolute atomic E-state index is 12.2. The summed E-state index contributed by atoms with van der Waals surface area (Å²) in [7, 11) is 0. The highest BCUT2D eigenvalue weighted by Crippen LogP contribution is 2.22. The predicted molar refractivity (Wildman–Crippen MR) is 79.0 cm³/mol. The number of benzene rings is 1. The second kappa shape index (κ2) is 6.74. The van der Waals surface area contributed by atoms with Gasteiger partial charge >= 0.3 is 5.97 Å². The molecule has 1 heterocycles. The van der Waals surface area contributed by atoms with E-state index in [2.05, 4.69) is 4.98 Å². The van der Waals surface area contributed by atoms with Crippen LogP contribution >= 0.6 is 23.2 Å². The fraction of sp³-hybridized carbons (Fsp3) is 0.214. The fourth-order valence-corrected chi connectivity index (χ4v) is 2.29. The van der Waals surface area contributed by atoms with E-state index in [0.717, 1.165) is 0 Å². The van der Waals surface area contributed by atoms with Crippen LogP contribution in [0.3, 0.4) is 0 Å². The van der Waals surface area contributed by atoms with Gasteiger partial charge in [0.2, 0.25) is 5.82 Å². The Morgan fingerprint density at radius 3 is 2.76 bits per heavy atom. The molecule has 0 spiro atoms. The van der Waals surface area contributed by atoms with Crippen LogP contribution in [0.2, 0.25) is 10.0 Å². The van der Waals surface area contributed by atoms with Gasteiger partial charge in [-0.3, -0.25) is 4.79 Å². The summed E-state index contributed by atoms with van der Waals surface area (Å²) >= 11 is 11.8. The largest absolute Gasteiger partial charge is 0.460 e. The van der Waals surface area contributed by atoms with E-state index in [4.69, 9.17) is 27.9 Å². The van der Waals surface area contributed by atoms with E-state index in [-0.39, 0.29) is 29.8 Å². The highest BCUT2D eigenvalue weighted by atomic mass is 35.5. The Labute approximate surface area is 131 Å². The first-order valence-electron chi connectivity index (χ1n) is 6.19. The minimum absolute atomic E-state index is 0.0600. The summed E-state index contributed by atoms with van der Waals surface area (Å²) in [5.74, 6) is -0.743. The van der Waals surface area contributed by atoms with Gasteiger partial charge < -0.3 is 9.30 Å². The van der Waals surface area contributed by atoms with Crippen molar-refractivity contribution in [2.45, 2.75) is 13.5 Å². The van der Waals surface area contributed by atoms with Gasteiger partial charge in [0.15, 0.2) is 5.78 Å². The molecule has 0 aliphatic rings. The van der Waals surface area contributed by atoms with Crippen LogP contribution in [0.1, 0.15) is 27.9 Å². The molecule has 0 amide bonds. The highest BCUT2D eigenvalue weighted by molar-refractivity contribution is 6.36. The van der Waals surface area contributed by atoms with E-state index in [1.807, 2.05) is 0 Å². The molecule has 0 saturated carbocycles. The standard InChI is InChI=1S/C14H12Cl2N2O3/c1-2-21-14(20)13-17-5-6-18(13)8-12(19)10-4-3-9(15)7-11(10)16/h3-7H,2,8H2,1H3. The highest BCUT2D eigenvalue weighted by Gasteiger charge is 2.18. The molecular formula is C14H12Cl2N2O3. The molecule has 0 aliphatic heterocycles. The summed E-state index contributed by atoms with van der Waals surface area (Å²) in [6.45, 7) is 1.88. The summed E-state index contributed by atoms with van der Waals surface area (Å²) in [6, 6.07) is 4.63. The molecule has 1 aromatic carbocycles. The molecular weight excluding hydrogens is 315 g/mol. The zero-order valence-electron chi connectivity index (χ0n) is 11.2. The lowest BCUT2D eigenvalue weighted by Gasteiger charge is -2.08. The number of rotatable bonds is 5. The van der Waals surface area contributed by atoms with Gasteiger partial charge in [-0.15, -0.1) is 0 Å². The van der Waals surface area contributed by atoms with Gasteiger partial charge in [-0.2, -0.15) is 0 Å². The van der Waals surface area contributed by atoms with Gasteiger partial charge in [-0.05, 0) is 25.1 Å². The topological polar surface area (TPSA) is 61.2 Å². The number of hydrogen-bond donors (Lipinski definition) is 0. The summed E-state index contributed by atoms with van der Waals surface area (Å²) in [4.78, 5) is 27.8. The zero-order chi connectivity index (χ0) is 15.4. The molecule has 2 rings (SSSR count). The van der Waals surface area contributed by atoms with Crippen molar-refractivity contribution in [1.82, 2.24) is 9.55 Å². The van der Waals surface area contributed by atoms with Crippen molar-refractivity contribution in [3.63, 3.8) is 0 Å². The molecule has 5 nitrogen and oxygen atoms in total. The Balaban J connectivity index is 2.20. The van der Waals surface area contributed by atoms with E-state index in [1.165, 1.54) is 23.0 Å². The van der Waals surface area contributed by atoms with Gasteiger partial charge in [0.25, 0.3) is 0 Å². The minimum atomic E-state index is -0.572. The van der Waals surface area contributed by atoms with Crippen molar-refractivity contribution in [2.75, 3.05) is 6.61 Å². The minimum Gasteiger partial charge on any atom is -0.460 e. The van der Waals surface area contributed by atoms with Gasteiger partial charge in [-0.25, -0.2) is 9.78 Å². The summed E-state index contributed by atoms with van der Waals surface area (Å²) < 4.78 is 6.30. The first-order chi connectivity index (χ1) is 10.0.